The van der Waals surface area contributed by atoms with E-state index in [1.54, 1.807) is 11.9 Å². The second-order valence-corrected chi connectivity index (χ2v) is 8.83. The molecule has 21 heavy (non-hydrogen) atoms. The fraction of sp³-hybridized carbons (Fsp3) is 0.500. The van der Waals surface area contributed by atoms with Gasteiger partial charge in [0.1, 0.15) is 0 Å². The molecule has 1 saturated heterocycles. The van der Waals surface area contributed by atoms with Crippen molar-refractivity contribution in [1.82, 2.24) is 4.90 Å². The van der Waals surface area contributed by atoms with Crippen LogP contribution in [0, 0.1) is 0 Å². The Kier molecular flexibility index (Phi) is 5.57. The van der Waals surface area contributed by atoms with Crippen molar-refractivity contribution in [3.05, 3.63) is 34.9 Å². The van der Waals surface area contributed by atoms with Crippen molar-refractivity contribution in [3.8, 4) is 0 Å². The maximum absolute atomic E-state index is 12.1. The first kappa shape index (κ1) is 16.6. The van der Waals surface area contributed by atoms with Crippen LogP contribution in [-0.2, 0) is 20.4 Å². The largest absolute Gasteiger partial charge is 0.341 e. The Balaban J connectivity index is 1.78. The number of benzene rings is 1. The maximum atomic E-state index is 12.1. The van der Waals surface area contributed by atoms with Crippen LogP contribution in [0.2, 0.25) is 5.02 Å². The van der Waals surface area contributed by atoms with E-state index in [4.69, 9.17) is 11.6 Å². The fourth-order valence-corrected chi connectivity index (χ4v) is 5.03. The molecule has 0 unspecified atom stereocenters. The second-order valence-electron chi connectivity index (χ2n) is 5.18. The summed E-state index contributed by atoms with van der Waals surface area (Å²) in [6.45, 7) is 0. The highest BCUT2D eigenvalue weighted by atomic mass is 35.5. The second kappa shape index (κ2) is 7.03. The molecule has 1 aromatic carbocycles. The average molecular weight is 348 g/mol. The Hall–Kier alpha value is -0.720. The summed E-state index contributed by atoms with van der Waals surface area (Å²) in [6, 6.07) is 7.36. The number of carbonyl (C=O) groups is 1. The summed E-state index contributed by atoms with van der Waals surface area (Å²) < 4.78 is 22.9. The molecule has 1 fully saturated rings. The molecule has 7 heteroatoms. The molecule has 0 bridgehead atoms. The highest BCUT2D eigenvalue weighted by Gasteiger charge is 2.32. The Bertz CT molecular complexity index is 601. The van der Waals surface area contributed by atoms with Crippen LogP contribution in [0.5, 0.6) is 0 Å². The molecule has 1 amide bonds. The Morgan fingerprint density at radius 3 is 2.62 bits per heavy atom. The number of hydrogen-bond donors (Lipinski definition) is 0. The van der Waals surface area contributed by atoms with Crippen LogP contribution < -0.4 is 0 Å². The number of amides is 1. The molecule has 0 aromatic heterocycles. The number of carbonyl (C=O) groups excluding carboxylic acids is 1. The Morgan fingerprint density at radius 2 is 2.05 bits per heavy atom. The van der Waals surface area contributed by atoms with Gasteiger partial charge >= 0.3 is 0 Å². The van der Waals surface area contributed by atoms with Gasteiger partial charge in [0.05, 0.1) is 17.3 Å². The normalized spacial score (nSPS) is 20.4. The number of thioether (sulfide) groups is 1. The van der Waals surface area contributed by atoms with E-state index < -0.39 is 9.84 Å². The van der Waals surface area contributed by atoms with Gasteiger partial charge in [0.2, 0.25) is 5.91 Å². The topological polar surface area (TPSA) is 54.5 Å². The van der Waals surface area contributed by atoms with E-state index in [0.717, 1.165) is 11.3 Å². The van der Waals surface area contributed by atoms with Crippen molar-refractivity contribution >= 4 is 39.1 Å². The molecule has 0 saturated carbocycles. The Morgan fingerprint density at radius 1 is 1.38 bits per heavy atom. The molecule has 1 aliphatic heterocycles. The first-order valence-corrected chi connectivity index (χ1v) is 10.0. The highest BCUT2D eigenvalue weighted by Crippen LogP contribution is 2.19. The monoisotopic (exact) mass is 347 g/mol. The van der Waals surface area contributed by atoms with E-state index in [1.165, 1.54) is 11.8 Å². The summed E-state index contributed by atoms with van der Waals surface area (Å²) in [4.78, 5) is 13.7. The minimum atomic E-state index is -2.95. The summed E-state index contributed by atoms with van der Waals surface area (Å²) in [5.41, 5.74) is 1.11. The molecule has 1 atom stereocenters. The molecule has 116 valence electrons. The van der Waals surface area contributed by atoms with Gasteiger partial charge in [0.25, 0.3) is 0 Å². The van der Waals surface area contributed by atoms with E-state index in [-0.39, 0.29) is 23.5 Å². The molecule has 4 nitrogen and oxygen atoms in total. The van der Waals surface area contributed by atoms with E-state index in [2.05, 4.69) is 0 Å². The van der Waals surface area contributed by atoms with Crippen LogP contribution in [-0.4, -0.2) is 49.6 Å². The lowest BCUT2D eigenvalue weighted by atomic mass is 10.2. The van der Waals surface area contributed by atoms with Gasteiger partial charge < -0.3 is 4.90 Å². The lowest BCUT2D eigenvalue weighted by molar-refractivity contribution is -0.128. The lowest BCUT2D eigenvalue weighted by Gasteiger charge is -2.23. The van der Waals surface area contributed by atoms with Gasteiger partial charge in [0.15, 0.2) is 9.84 Å². The SMILES string of the molecule is CN(C(=O)CSCc1ccc(Cl)cc1)[C@@H]1CCS(=O)(=O)C1. The van der Waals surface area contributed by atoms with Crippen molar-refractivity contribution in [2.45, 2.75) is 18.2 Å². The van der Waals surface area contributed by atoms with Crippen LogP contribution in [0.15, 0.2) is 24.3 Å². The third-order valence-corrected chi connectivity index (χ3v) is 6.55. The lowest BCUT2D eigenvalue weighted by Crippen LogP contribution is -2.38. The zero-order valence-electron chi connectivity index (χ0n) is 11.8. The summed E-state index contributed by atoms with van der Waals surface area (Å²) in [6.07, 6.45) is 0.548. The highest BCUT2D eigenvalue weighted by molar-refractivity contribution is 7.99. The van der Waals surface area contributed by atoms with Gasteiger partial charge in [0, 0.05) is 23.9 Å². The van der Waals surface area contributed by atoms with Crippen molar-refractivity contribution < 1.29 is 13.2 Å². The van der Waals surface area contributed by atoms with E-state index in [0.29, 0.717) is 17.2 Å². The number of rotatable bonds is 5. The molecule has 0 spiro atoms. The minimum Gasteiger partial charge on any atom is -0.341 e. The molecule has 0 aliphatic carbocycles. The van der Waals surface area contributed by atoms with Crippen molar-refractivity contribution in [2.24, 2.45) is 0 Å². The van der Waals surface area contributed by atoms with Crippen LogP contribution in [0.1, 0.15) is 12.0 Å². The van der Waals surface area contributed by atoms with E-state index in [1.807, 2.05) is 24.3 Å². The smallest absolute Gasteiger partial charge is 0.232 e. The maximum Gasteiger partial charge on any atom is 0.232 e. The summed E-state index contributed by atoms with van der Waals surface area (Å²) in [5, 5.41) is 0.696. The van der Waals surface area contributed by atoms with E-state index >= 15 is 0 Å². The number of hydrogen-bond acceptors (Lipinski definition) is 4. The van der Waals surface area contributed by atoms with Gasteiger partial charge in [-0.15, -0.1) is 11.8 Å². The first-order valence-electron chi connectivity index (χ1n) is 6.66. The zero-order valence-corrected chi connectivity index (χ0v) is 14.2. The van der Waals surface area contributed by atoms with Crippen molar-refractivity contribution in [3.63, 3.8) is 0 Å². The van der Waals surface area contributed by atoms with Gasteiger partial charge in [-0.2, -0.15) is 0 Å². The van der Waals surface area contributed by atoms with E-state index in [9.17, 15) is 13.2 Å². The van der Waals surface area contributed by atoms with Gasteiger partial charge in [-0.1, -0.05) is 23.7 Å². The third-order valence-electron chi connectivity index (χ3n) is 3.56. The summed E-state index contributed by atoms with van der Waals surface area (Å²) in [7, 11) is -1.26. The summed E-state index contributed by atoms with van der Waals surface area (Å²) in [5.74, 6) is 1.36. The quantitative estimate of drug-likeness (QED) is 0.819. The minimum absolute atomic E-state index is 0.0175. The average Bonchev–Trinajstić information content (AvgIpc) is 2.80. The fourth-order valence-electron chi connectivity index (χ4n) is 2.22. The molecule has 1 heterocycles. The van der Waals surface area contributed by atoms with Crippen molar-refractivity contribution in [2.75, 3.05) is 24.3 Å². The van der Waals surface area contributed by atoms with Gasteiger partial charge in [-0.25, -0.2) is 8.42 Å². The van der Waals surface area contributed by atoms with Crippen molar-refractivity contribution in [1.29, 1.82) is 0 Å². The van der Waals surface area contributed by atoms with Crippen LogP contribution in [0.4, 0.5) is 0 Å². The third kappa shape index (κ3) is 4.90. The molecule has 1 aromatic rings. The zero-order chi connectivity index (χ0) is 15.5. The first-order chi connectivity index (χ1) is 9.87. The summed E-state index contributed by atoms with van der Waals surface area (Å²) >= 11 is 7.34. The van der Waals surface area contributed by atoms with Crippen LogP contribution in [0.3, 0.4) is 0 Å². The number of sulfone groups is 1. The molecule has 0 radical (unpaired) electrons. The predicted molar refractivity (Wildman–Crippen MR) is 87.4 cm³/mol. The number of nitrogens with zero attached hydrogens (tertiary/aromatic N) is 1. The van der Waals surface area contributed by atoms with Crippen LogP contribution in [0.25, 0.3) is 0 Å². The Labute approximate surface area is 134 Å². The number of halogens is 1. The van der Waals surface area contributed by atoms with Crippen LogP contribution >= 0.6 is 23.4 Å². The molecule has 0 N–H and O–H groups in total. The standard InChI is InChI=1S/C14H18ClNO3S2/c1-16(13-6-7-21(18,19)10-13)14(17)9-20-8-11-2-4-12(15)5-3-11/h2-5,13H,6-10H2,1H3/t13-/m1/s1. The van der Waals surface area contributed by atoms with Gasteiger partial charge in [-0.05, 0) is 24.1 Å². The molecular formula is C14H18ClNO3S2. The van der Waals surface area contributed by atoms with Gasteiger partial charge in [-0.3, -0.25) is 4.79 Å². The molecule has 1 aliphatic rings. The molecule has 2 rings (SSSR count). The molecular weight excluding hydrogens is 330 g/mol. The predicted octanol–water partition coefficient (Wildman–Crippen LogP) is 2.22.